The number of carbonyl (C=O) groups excluding carboxylic acids is 1. The molecule has 44 heavy (non-hydrogen) atoms. The number of fused-ring (bicyclic) bond motifs is 2. The highest BCUT2D eigenvalue weighted by Gasteiger charge is 2.37. The van der Waals surface area contributed by atoms with Gasteiger partial charge in [0.1, 0.15) is 18.2 Å². The number of hydrogen-bond donors (Lipinski definition) is 0. The summed E-state index contributed by atoms with van der Waals surface area (Å²) in [5, 5.41) is 10.8. The molecule has 1 saturated heterocycles. The molecular weight excluding hydrogens is 559 g/mol. The van der Waals surface area contributed by atoms with Crippen molar-refractivity contribution in [2.45, 2.75) is 63.7 Å². The van der Waals surface area contributed by atoms with Crippen LogP contribution in [0, 0.1) is 17.1 Å². The van der Waals surface area contributed by atoms with E-state index in [0.29, 0.717) is 63.2 Å². The number of nitrogens with zero attached hydrogens (tertiary/aromatic N) is 8. The van der Waals surface area contributed by atoms with Crippen molar-refractivity contribution in [3.8, 4) is 12.1 Å². The highest BCUT2D eigenvalue weighted by atomic mass is 19.1. The molecule has 11 heteroatoms. The van der Waals surface area contributed by atoms with Crippen molar-refractivity contribution in [2.75, 3.05) is 49.6 Å². The summed E-state index contributed by atoms with van der Waals surface area (Å²) in [6.07, 6.45) is 7.95. The summed E-state index contributed by atoms with van der Waals surface area (Å²) < 4.78 is 21.4. The average Bonchev–Trinajstić information content (AvgIpc) is 3.88. The summed E-state index contributed by atoms with van der Waals surface area (Å²) in [6.45, 7) is 10.9. The smallest absolute Gasteiger partial charge is 0.318 e. The summed E-state index contributed by atoms with van der Waals surface area (Å²) in [6, 6.07) is 7.86. The third-order valence-electron chi connectivity index (χ3n) is 9.25. The van der Waals surface area contributed by atoms with Crippen molar-refractivity contribution in [2.24, 2.45) is 0 Å². The van der Waals surface area contributed by atoms with Crippen molar-refractivity contribution in [3.63, 3.8) is 0 Å². The molecule has 1 saturated carbocycles. The topological polar surface area (TPSA) is 102 Å². The molecule has 10 nitrogen and oxygen atoms in total. The number of ether oxygens (including phenoxy) is 1. The van der Waals surface area contributed by atoms with Gasteiger partial charge >= 0.3 is 6.01 Å². The fraction of sp³-hybridized carbons (Fsp3) is 0.485. The van der Waals surface area contributed by atoms with Crippen LogP contribution in [0.3, 0.4) is 0 Å². The summed E-state index contributed by atoms with van der Waals surface area (Å²) >= 11 is 0. The molecular formula is C33H39FN8O2. The molecule has 0 unspecified atom stereocenters. The lowest BCUT2D eigenvalue weighted by molar-refractivity contribution is -0.128. The third kappa shape index (κ3) is 5.78. The first-order chi connectivity index (χ1) is 21.2. The van der Waals surface area contributed by atoms with Crippen LogP contribution in [0.1, 0.15) is 44.4 Å². The molecule has 2 aromatic heterocycles. The van der Waals surface area contributed by atoms with Crippen molar-refractivity contribution < 1.29 is 13.9 Å². The molecule has 1 atom stereocenters. The monoisotopic (exact) mass is 598 g/mol. The normalized spacial score (nSPS) is 18.7. The lowest BCUT2D eigenvalue weighted by atomic mass is 10.0. The van der Waals surface area contributed by atoms with Gasteiger partial charge in [0.05, 0.1) is 42.7 Å². The number of rotatable bonds is 9. The summed E-state index contributed by atoms with van der Waals surface area (Å²) in [5.41, 5.74) is 2.34. The molecule has 1 aromatic carbocycles. The number of piperazine rings is 1. The van der Waals surface area contributed by atoms with Gasteiger partial charge in [-0.3, -0.25) is 14.7 Å². The molecule has 4 heterocycles. The number of aromatic nitrogens is 3. The molecule has 2 fully saturated rings. The van der Waals surface area contributed by atoms with Crippen LogP contribution < -0.4 is 14.5 Å². The number of amides is 1. The van der Waals surface area contributed by atoms with Crippen LogP contribution in [0.2, 0.25) is 0 Å². The van der Waals surface area contributed by atoms with E-state index in [9.17, 15) is 10.1 Å². The van der Waals surface area contributed by atoms with Crippen LogP contribution in [-0.2, 0) is 17.8 Å². The Bertz CT molecular complexity index is 1610. The van der Waals surface area contributed by atoms with Crippen molar-refractivity contribution in [1.29, 1.82) is 5.26 Å². The first kappa shape index (κ1) is 29.8. The number of nitriles is 1. The maximum atomic E-state index is 15.1. The number of benzene rings is 1. The van der Waals surface area contributed by atoms with E-state index in [1.165, 1.54) is 25.0 Å². The van der Waals surface area contributed by atoms with E-state index in [1.807, 2.05) is 6.07 Å². The van der Waals surface area contributed by atoms with Crippen LogP contribution in [0.25, 0.3) is 10.8 Å². The molecule has 0 N–H and O–H groups in total. The third-order valence-corrected chi connectivity index (χ3v) is 9.25. The number of carbonyl (C=O) groups is 1. The molecule has 1 amide bonds. The molecule has 230 valence electrons. The van der Waals surface area contributed by atoms with E-state index in [2.05, 4.69) is 53.2 Å². The fourth-order valence-corrected chi connectivity index (χ4v) is 6.37. The van der Waals surface area contributed by atoms with Crippen LogP contribution in [0.5, 0.6) is 6.01 Å². The molecule has 1 aliphatic carbocycles. The maximum Gasteiger partial charge on any atom is 0.318 e. The predicted octanol–water partition coefficient (Wildman–Crippen LogP) is 4.10. The van der Waals surface area contributed by atoms with Crippen LogP contribution in [0.4, 0.5) is 15.9 Å². The molecule has 0 bridgehead atoms. The minimum atomic E-state index is -0.287. The summed E-state index contributed by atoms with van der Waals surface area (Å²) in [7, 11) is 2.13. The highest BCUT2D eigenvalue weighted by Crippen LogP contribution is 2.36. The van der Waals surface area contributed by atoms with Crippen molar-refractivity contribution >= 4 is 28.2 Å². The van der Waals surface area contributed by atoms with E-state index >= 15 is 4.39 Å². The van der Waals surface area contributed by atoms with Gasteiger partial charge in [0.15, 0.2) is 0 Å². The molecule has 3 aromatic rings. The summed E-state index contributed by atoms with van der Waals surface area (Å²) in [4.78, 5) is 35.2. The fourth-order valence-electron chi connectivity index (χ4n) is 6.37. The molecule has 6 rings (SSSR count). The van der Waals surface area contributed by atoms with E-state index < -0.39 is 0 Å². The van der Waals surface area contributed by atoms with Crippen LogP contribution in [0.15, 0.2) is 43.2 Å². The van der Waals surface area contributed by atoms with Crippen LogP contribution in [-0.4, -0.2) is 88.1 Å². The van der Waals surface area contributed by atoms with E-state index in [1.54, 1.807) is 23.4 Å². The largest absolute Gasteiger partial charge is 0.461 e. The van der Waals surface area contributed by atoms with Gasteiger partial charge in [0.25, 0.3) is 0 Å². The van der Waals surface area contributed by atoms with E-state index in [0.717, 1.165) is 28.1 Å². The summed E-state index contributed by atoms with van der Waals surface area (Å²) in [5.74, 6) is 0.316. The van der Waals surface area contributed by atoms with Gasteiger partial charge in [-0.1, -0.05) is 18.7 Å². The first-order valence-corrected chi connectivity index (χ1v) is 15.3. The maximum absolute atomic E-state index is 15.1. The van der Waals surface area contributed by atoms with Gasteiger partial charge in [-0.2, -0.15) is 15.2 Å². The lowest BCUT2D eigenvalue weighted by Crippen LogP contribution is -2.55. The van der Waals surface area contributed by atoms with E-state index in [4.69, 9.17) is 14.7 Å². The minimum absolute atomic E-state index is 0.174. The number of pyridine rings is 1. The Labute approximate surface area is 257 Å². The quantitative estimate of drug-likeness (QED) is 0.337. The standard InChI is InChI=1S/C33H39FN8O2/c1-5-29(43)42-16-15-41(19-24(42)11-13-35)31-25-12-14-40(28-18-36-17-22-7-6-8-26(34)30(22)28)20-27(25)37-32(38-31)44-21-33(2,3)39(4)23-9-10-23/h5-8,17-18,23-24H,1,9-12,14-16,19-21H2,2-4H3/t24-/m0/s1. The number of hydrogen-bond acceptors (Lipinski definition) is 9. The average molecular weight is 599 g/mol. The second-order valence-corrected chi connectivity index (χ2v) is 12.6. The minimum Gasteiger partial charge on any atom is -0.461 e. The van der Waals surface area contributed by atoms with Gasteiger partial charge < -0.3 is 19.4 Å². The van der Waals surface area contributed by atoms with E-state index in [-0.39, 0.29) is 29.7 Å². The Morgan fingerprint density at radius 1 is 1.23 bits per heavy atom. The van der Waals surface area contributed by atoms with Gasteiger partial charge in [-0.25, -0.2) is 4.39 Å². The van der Waals surface area contributed by atoms with Gasteiger partial charge in [0, 0.05) is 60.3 Å². The number of likely N-dealkylation sites (N-methyl/N-ethyl adjacent to an activating group) is 1. The van der Waals surface area contributed by atoms with Crippen LogP contribution >= 0.6 is 0 Å². The Kier molecular flexibility index (Phi) is 8.12. The molecule has 0 spiro atoms. The highest BCUT2D eigenvalue weighted by molar-refractivity contribution is 5.94. The number of anilines is 2. The second kappa shape index (κ2) is 12.0. The zero-order chi connectivity index (χ0) is 31.0. The van der Waals surface area contributed by atoms with Gasteiger partial charge in [-0.15, -0.1) is 0 Å². The van der Waals surface area contributed by atoms with Crippen molar-refractivity contribution in [3.05, 3.63) is 60.3 Å². The predicted molar refractivity (Wildman–Crippen MR) is 167 cm³/mol. The Morgan fingerprint density at radius 3 is 2.80 bits per heavy atom. The number of halogens is 1. The lowest BCUT2D eigenvalue weighted by Gasteiger charge is -2.42. The Morgan fingerprint density at radius 2 is 2.05 bits per heavy atom. The van der Waals surface area contributed by atoms with Gasteiger partial charge in [-0.05, 0) is 52.3 Å². The molecule has 3 aliphatic rings. The Hall–Kier alpha value is -4.30. The zero-order valence-electron chi connectivity index (χ0n) is 25.7. The van der Waals surface area contributed by atoms with Crippen molar-refractivity contribution in [1.82, 2.24) is 24.8 Å². The molecule has 0 radical (unpaired) electrons. The van der Waals surface area contributed by atoms with Gasteiger partial charge in [0.2, 0.25) is 5.91 Å². The first-order valence-electron chi connectivity index (χ1n) is 15.3. The Balaban J connectivity index is 1.34. The SMILES string of the molecule is C=CC(=O)N1CCN(c2nc(OCC(C)(C)N(C)C3CC3)nc3c2CCN(c2cncc4cccc(F)c24)C3)C[C@@H]1CC#N. The second-order valence-electron chi connectivity index (χ2n) is 12.6. The molecule has 2 aliphatic heterocycles. The zero-order valence-corrected chi connectivity index (χ0v) is 25.7.